The van der Waals surface area contributed by atoms with Gasteiger partial charge in [0.1, 0.15) is 0 Å². The molecule has 198 valence electrons. The zero-order valence-electron chi connectivity index (χ0n) is 19.0. The molecule has 11 heteroatoms. The first kappa shape index (κ1) is 28.1. The topological polar surface area (TPSA) is 37.3 Å². The summed E-state index contributed by atoms with van der Waals surface area (Å²) in [5, 5.41) is 9.61. The Hall–Kier alpha value is -3.50. The molecule has 0 heterocycles. The van der Waals surface area contributed by atoms with Crippen LogP contribution in [-0.2, 0) is 23.3 Å². The van der Waals surface area contributed by atoms with E-state index in [2.05, 4.69) is 0 Å². The molecular weight excluding hydrogens is 515 g/mol. The highest BCUT2D eigenvalue weighted by molar-refractivity contribution is 5.87. The summed E-state index contributed by atoms with van der Waals surface area (Å²) in [6.07, 6.45) is -14.4. The van der Waals surface area contributed by atoms with Crippen molar-refractivity contribution in [1.29, 1.82) is 0 Å². The summed E-state index contributed by atoms with van der Waals surface area (Å²) in [5.41, 5.74) is -4.94. The summed E-state index contributed by atoms with van der Waals surface area (Å²) < 4.78 is 120. The Kier molecular flexibility index (Phi) is 7.67. The lowest BCUT2D eigenvalue weighted by Gasteiger charge is -2.21. The molecule has 0 radical (unpaired) electrons. The maximum atomic E-state index is 13.9. The highest BCUT2D eigenvalue weighted by Crippen LogP contribution is 2.45. The summed E-state index contributed by atoms with van der Waals surface area (Å²) in [6, 6.07) is 8.29. The average molecular weight is 534 g/mol. The van der Waals surface area contributed by atoms with Crippen molar-refractivity contribution < 1.29 is 49.4 Å². The van der Waals surface area contributed by atoms with Crippen LogP contribution in [0.15, 0.2) is 60.7 Å². The van der Waals surface area contributed by atoms with E-state index in [1.165, 1.54) is 12.1 Å². The van der Waals surface area contributed by atoms with E-state index in [0.29, 0.717) is 18.6 Å². The van der Waals surface area contributed by atoms with Crippen LogP contribution < -0.4 is 0 Å². The van der Waals surface area contributed by atoms with Gasteiger partial charge in [-0.2, -0.15) is 39.5 Å². The summed E-state index contributed by atoms with van der Waals surface area (Å²) in [5.74, 6) is -2.37. The van der Waals surface area contributed by atoms with Gasteiger partial charge in [-0.3, -0.25) is 4.79 Å². The van der Waals surface area contributed by atoms with Crippen molar-refractivity contribution in [3.63, 3.8) is 0 Å². The minimum absolute atomic E-state index is 0.0108. The number of halogens is 9. The van der Waals surface area contributed by atoms with Crippen molar-refractivity contribution >= 4 is 5.97 Å². The van der Waals surface area contributed by atoms with Crippen LogP contribution in [0.2, 0.25) is 0 Å². The Labute approximate surface area is 205 Å². The Morgan fingerprint density at radius 3 is 1.73 bits per heavy atom. The summed E-state index contributed by atoms with van der Waals surface area (Å²) in [6.45, 7) is 1.70. The monoisotopic (exact) mass is 534 g/mol. The van der Waals surface area contributed by atoms with Crippen molar-refractivity contribution in [3.05, 3.63) is 82.9 Å². The molecule has 0 fully saturated rings. The molecule has 1 unspecified atom stereocenters. The summed E-state index contributed by atoms with van der Waals surface area (Å²) in [7, 11) is 0. The van der Waals surface area contributed by atoms with Crippen molar-refractivity contribution in [3.8, 4) is 22.3 Å². The second-order valence-corrected chi connectivity index (χ2v) is 8.32. The highest BCUT2D eigenvalue weighted by Gasteiger charge is 2.39. The smallest absolute Gasteiger partial charge is 0.417 e. The molecule has 0 saturated carbocycles. The van der Waals surface area contributed by atoms with Gasteiger partial charge in [0.15, 0.2) is 0 Å². The molecule has 2 nitrogen and oxygen atoms in total. The van der Waals surface area contributed by atoms with E-state index in [-0.39, 0.29) is 34.7 Å². The third kappa shape index (κ3) is 6.26. The van der Waals surface area contributed by atoms with Gasteiger partial charge in [0.2, 0.25) is 0 Å². The molecule has 0 aliphatic carbocycles. The van der Waals surface area contributed by atoms with E-state index in [4.69, 9.17) is 0 Å². The lowest BCUT2D eigenvalue weighted by molar-refractivity contribution is -0.143. The van der Waals surface area contributed by atoms with E-state index >= 15 is 0 Å². The number of aliphatic carboxylic acids is 1. The van der Waals surface area contributed by atoms with E-state index in [0.717, 1.165) is 30.3 Å². The van der Waals surface area contributed by atoms with Crippen LogP contribution in [0.5, 0.6) is 0 Å². The normalized spacial score (nSPS) is 13.5. The summed E-state index contributed by atoms with van der Waals surface area (Å²) in [4.78, 5) is 11.8. The zero-order chi connectivity index (χ0) is 27.8. The van der Waals surface area contributed by atoms with Crippen LogP contribution >= 0.6 is 0 Å². The minimum atomic E-state index is -5.22. The molecule has 37 heavy (non-hydrogen) atoms. The number of benzene rings is 3. The van der Waals surface area contributed by atoms with Crippen molar-refractivity contribution in [2.24, 2.45) is 0 Å². The molecular formula is C26H19F9O2. The number of hydrogen-bond donors (Lipinski definition) is 1. The van der Waals surface area contributed by atoms with Crippen LogP contribution in [0, 0.1) is 0 Å². The van der Waals surface area contributed by atoms with Gasteiger partial charge in [-0.1, -0.05) is 43.7 Å². The highest BCUT2D eigenvalue weighted by atomic mass is 19.4. The van der Waals surface area contributed by atoms with Gasteiger partial charge in [0.25, 0.3) is 0 Å². The number of carbonyl (C=O) groups is 1. The van der Waals surface area contributed by atoms with Gasteiger partial charge in [-0.25, -0.2) is 0 Å². The predicted octanol–water partition coefficient (Wildman–Crippen LogP) is 9.05. The van der Waals surface area contributed by atoms with Crippen LogP contribution in [-0.4, -0.2) is 11.1 Å². The molecule has 0 amide bonds. The van der Waals surface area contributed by atoms with Crippen LogP contribution in [0.1, 0.15) is 47.9 Å². The fraction of sp³-hybridized carbons (Fsp3) is 0.269. The van der Waals surface area contributed by atoms with Crippen LogP contribution in [0.25, 0.3) is 22.3 Å². The van der Waals surface area contributed by atoms with Gasteiger partial charge in [0, 0.05) is 0 Å². The van der Waals surface area contributed by atoms with E-state index in [9.17, 15) is 49.4 Å². The molecule has 0 aromatic heterocycles. The van der Waals surface area contributed by atoms with Crippen molar-refractivity contribution in [2.75, 3.05) is 0 Å². The third-order valence-corrected chi connectivity index (χ3v) is 5.79. The minimum Gasteiger partial charge on any atom is -0.481 e. The first-order valence-corrected chi connectivity index (χ1v) is 10.9. The Balaban J connectivity index is 2.33. The Morgan fingerprint density at radius 1 is 0.703 bits per heavy atom. The van der Waals surface area contributed by atoms with E-state index in [1.54, 1.807) is 6.92 Å². The predicted molar refractivity (Wildman–Crippen MR) is 118 cm³/mol. The molecule has 3 aromatic rings. The Bertz CT molecular complexity index is 1270. The summed E-state index contributed by atoms with van der Waals surface area (Å²) >= 11 is 0. The van der Waals surface area contributed by atoms with Gasteiger partial charge in [-0.15, -0.1) is 0 Å². The quantitative estimate of drug-likeness (QED) is 0.321. The van der Waals surface area contributed by atoms with Crippen molar-refractivity contribution in [2.45, 2.75) is 44.2 Å². The second kappa shape index (κ2) is 10.1. The van der Waals surface area contributed by atoms with Gasteiger partial charge >= 0.3 is 24.5 Å². The molecule has 0 saturated heterocycles. The number of carboxylic acid groups (broad SMARTS) is 1. The molecule has 0 bridgehead atoms. The number of alkyl halides is 9. The van der Waals surface area contributed by atoms with Crippen LogP contribution in [0.3, 0.4) is 0 Å². The second-order valence-electron chi connectivity index (χ2n) is 8.32. The van der Waals surface area contributed by atoms with Crippen molar-refractivity contribution in [1.82, 2.24) is 0 Å². The number of hydrogen-bond acceptors (Lipinski definition) is 1. The maximum Gasteiger partial charge on any atom is 0.417 e. The Morgan fingerprint density at radius 2 is 1.24 bits per heavy atom. The lowest BCUT2D eigenvalue weighted by Crippen LogP contribution is -2.13. The first-order valence-electron chi connectivity index (χ1n) is 10.9. The van der Waals surface area contributed by atoms with Gasteiger partial charge < -0.3 is 5.11 Å². The zero-order valence-corrected chi connectivity index (χ0v) is 19.0. The van der Waals surface area contributed by atoms with Gasteiger partial charge in [-0.05, 0) is 64.6 Å². The van der Waals surface area contributed by atoms with E-state index in [1.807, 2.05) is 0 Å². The molecule has 0 aliphatic rings. The standard InChI is InChI=1S/C26H19F9O2/c1-2-3-19(23(36)37)15-6-10-18(14-4-7-16(8-5-14)24(27,28)29)21(12-15)20-11-9-17(25(30,31)32)13-22(20)26(33,34)35/h4-13,19H,2-3H2,1H3,(H,36,37). The fourth-order valence-corrected chi connectivity index (χ4v) is 4.00. The SMILES string of the molecule is CCCC(C(=O)O)c1ccc(-c2ccc(C(F)(F)F)cc2)c(-c2ccc(C(F)(F)F)cc2C(F)(F)F)c1. The van der Waals surface area contributed by atoms with Crippen LogP contribution in [0.4, 0.5) is 39.5 Å². The molecule has 1 atom stereocenters. The fourth-order valence-electron chi connectivity index (χ4n) is 4.00. The average Bonchev–Trinajstić information content (AvgIpc) is 2.80. The maximum absolute atomic E-state index is 13.9. The van der Waals surface area contributed by atoms with E-state index < -0.39 is 52.7 Å². The number of carboxylic acids is 1. The third-order valence-electron chi connectivity index (χ3n) is 5.79. The molecule has 3 rings (SSSR count). The van der Waals surface area contributed by atoms with Gasteiger partial charge in [0.05, 0.1) is 22.6 Å². The molecule has 1 N–H and O–H groups in total. The lowest BCUT2D eigenvalue weighted by atomic mass is 9.85. The largest absolute Gasteiger partial charge is 0.481 e. The molecule has 3 aromatic carbocycles. The molecule has 0 spiro atoms. The molecule has 0 aliphatic heterocycles. The number of rotatable bonds is 6. The first-order chi connectivity index (χ1) is 17.0.